The Bertz CT molecular complexity index is 546. The first-order valence-corrected chi connectivity index (χ1v) is 8.94. The Morgan fingerprint density at radius 1 is 0.792 bits per heavy atom. The lowest BCUT2D eigenvalue weighted by molar-refractivity contribution is 0.00578. The van der Waals surface area contributed by atoms with Crippen LogP contribution in [0, 0.1) is 0 Å². The van der Waals surface area contributed by atoms with E-state index in [1.54, 1.807) is 0 Å². The standard InChI is InChI=1S/C18H30B2O4/c1-15(2)16(3,4)22-19(21-15)13-9-11-14(12-10-13)20-23-17(5,6)18(7,8)24-20/h9-11,14H,12H2,1-8H3. The highest BCUT2D eigenvalue weighted by Gasteiger charge is 2.54. The van der Waals surface area contributed by atoms with Crippen LogP contribution in [-0.2, 0) is 18.6 Å². The van der Waals surface area contributed by atoms with Crippen molar-refractivity contribution in [3.05, 3.63) is 23.7 Å². The zero-order valence-corrected chi connectivity index (χ0v) is 16.3. The molecule has 0 saturated carbocycles. The Morgan fingerprint density at radius 2 is 1.25 bits per heavy atom. The van der Waals surface area contributed by atoms with E-state index in [1.807, 2.05) is 0 Å². The van der Waals surface area contributed by atoms with E-state index in [-0.39, 0.29) is 42.5 Å². The molecule has 132 valence electrons. The van der Waals surface area contributed by atoms with Crippen LogP contribution in [0.4, 0.5) is 0 Å². The van der Waals surface area contributed by atoms with Crippen molar-refractivity contribution >= 4 is 14.2 Å². The third-order valence-electron chi connectivity index (χ3n) is 6.31. The van der Waals surface area contributed by atoms with Gasteiger partial charge in [-0.1, -0.05) is 18.2 Å². The number of hydrogen-bond acceptors (Lipinski definition) is 4. The minimum absolute atomic E-state index is 0.206. The second-order valence-corrected chi connectivity index (χ2v) is 9.18. The van der Waals surface area contributed by atoms with Crippen molar-refractivity contribution in [2.75, 3.05) is 0 Å². The molecule has 1 unspecified atom stereocenters. The molecular formula is C18H30B2O4. The van der Waals surface area contributed by atoms with Crippen LogP contribution in [0.3, 0.4) is 0 Å². The molecule has 0 N–H and O–H groups in total. The zero-order valence-electron chi connectivity index (χ0n) is 16.3. The Morgan fingerprint density at radius 3 is 1.67 bits per heavy atom. The minimum atomic E-state index is -0.311. The van der Waals surface area contributed by atoms with Crippen molar-refractivity contribution in [2.45, 2.75) is 90.0 Å². The van der Waals surface area contributed by atoms with Crippen molar-refractivity contribution in [1.29, 1.82) is 0 Å². The molecule has 0 aromatic heterocycles. The Balaban J connectivity index is 1.66. The van der Waals surface area contributed by atoms with E-state index in [0.29, 0.717) is 0 Å². The van der Waals surface area contributed by atoms with Gasteiger partial charge in [0.2, 0.25) is 0 Å². The number of hydrogen-bond donors (Lipinski definition) is 0. The minimum Gasteiger partial charge on any atom is -0.403 e. The van der Waals surface area contributed by atoms with Crippen LogP contribution in [0.15, 0.2) is 23.7 Å². The van der Waals surface area contributed by atoms with Crippen LogP contribution < -0.4 is 0 Å². The van der Waals surface area contributed by atoms with Gasteiger partial charge in [-0.05, 0) is 67.3 Å². The van der Waals surface area contributed by atoms with Crippen LogP contribution >= 0.6 is 0 Å². The monoisotopic (exact) mass is 332 g/mol. The lowest BCUT2D eigenvalue weighted by Crippen LogP contribution is -2.41. The van der Waals surface area contributed by atoms with Gasteiger partial charge in [0.1, 0.15) is 0 Å². The Labute approximate surface area is 147 Å². The molecule has 2 aliphatic heterocycles. The van der Waals surface area contributed by atoms with Crippen LogP contribution in [0.2, 0.25) is 5.82 Å². The zero-order chi connectivity index (χ0) is 18.0. The predicted molar refractivity (Wildman–Crippen MR) is 97.8 cm³/mol. The van der Waals surface area contributed by atoms with Crippen molar-refractivity contribution in [1.82, 2.24) is 0 Å². The summed E-state index contributed by atoms with van der Waals surface area (Å²) >= 11 is 0. The van der Waals surface area contributed by atoms with Crippen LogP contribution in [-0.4, -0.2) is 36.6 Å². The van der Waals surface area contributed by atoms with Crippen LogP contribution in [0.25, 0.3) is 0 Å². The SMILES string of the molecule is CC1(C)OB(C2=CCC(B3OC(C)(C)C(C)(C)O3)C=C2)OC1(C)C. The van der Waals surface area contributed by atoms with Crippen molar-refractivity contribution in [3.8, 4) is 0 Å². The number of allylic oxidation sites excluding steroid dienone is 4. The maximum Gasteiger partial charge on any atom is 0.494 e. The molecule has 0 aromatic rings. The molecular weight excluding hydrogens is 302 g/mol. The summed E-state index contributed by atoms with van der Waals surface area (Å²) in [6.07, 6.45) is 7.33. The maximum atomic E-state index is 6.17. The first kappa shape index (κ1) is 18.2. The van der Waals surface area contributed by atoms with Gasteiger partial charge in [0.25, 0.3) is 0 Å². The smallest absolute Gasteiger partial charge is 0.403 e. The first-order chi connectivity index (χ1) is 10.8. The maximum absolute atomic E-state index is 6.17. The molecule has 1 atom stereocenters. The predicted octanol–water partition coefficient (Wildman–Crippen LogP) is 3.97. The molecule has 6 heteroatoms. The summed E-state index contributed by atoms with van der Waals surface area (Å²) < 4.78 is 24.6. The summed E-state index contributed by atoms with van der Waals surface area (Å²) in [5.41, 5.74) is -0.117. The normalized spacial score (nSPS) is 33.0. The van der Waals surface area contributed by atoms with Gasteiger partial charge in [0, 0.05) is 5.82 Å². The van der Waals surface area contributed by atoms with E-state index in [4.69, 9.17) is 18.6 Å². The molecule has 2 fully saturated rings. The molecule has 2 heterocycles. The van der Waals surface area contributed by atoms with Crippen LogP contribution in [0.1, 0.15) is 61.8 Å². The fourth-order valence-corrected chi connectivity index (χ4v) is 3.07. The summed E-state index contributed by atoms with van der Waals surface area (Å²) in [5, 5.41) is 0. The molecule has 0 amide bonds. The van der Waals surface area contributed by atoms with Crippen molar-refractivity contribution in [3.63, 3.8) is 0 Å². The molecule has 0 aromatic carbocycles. The average molecular weight is 332 g/mol. The van der Waals surface area contributed by atoms with Crippen LogP contribution in [0.5, 0.6) is 0 Å². The molecule has 0 bridgehead atoms. The molecule has 2 saturated heterocycles. The Hall–Kier alpha value is -0.550. The highest BCUT2D eigenvalue weighted by atomic mass is 16.7. The van der Waals surface area contributed by atoms with E-state index in [1.165, 1.54) is 0 Å². The van der Waals surface area contributed by atoms with E-state index in [2.05, 4.69) is 73.6 Å². The largest absolute Gasteiger partial charge is 0.494 e. The van der Waals surface area contributed by atoms with E-state index in [9.17, 15) is 0 Å². The third kappa shape index (κ3) is 2.92. The summed E-state index contributed by atoms with van der Waals surface area (Å²) in [7, 11) is -0.507. The van der Waals surface area contributed by atoms with E-state index in [0.717, 1.165) is 11.9 Å². The fraction of sp³-hybridized carbons (Fsp3) is 0.778. The summed E-state index contributed by atoms with van der Waals surface area (Å²) in [6.45, 7) is 16.7. The molecule has 0 radical (unpaired) electrons. The molecule has 1 aliphatic carbocycles. The third-order valence-corrected chi connectivity index (χ3v) is 6.31. The van der Waals surface area contributed by atoms with E-state index >= 15 is 0 Å². The Kier molecular flexibility index (Phi) is 4.16. The second-order valence-electron chi connectivity index (χ2n) is 9.18. The highest BCUT2D eigenvalue weighted by Crippen LogP contribution is 2.43. The molecule has 4 nitrogen and oxygen atoms in total. The van der Waals surface area contributed by atoms with Crippen molar-refractivity contribution < 1.29 is 18.6 Å². The average Bonchev–Trinajstić information content (AvgIpc) is 2.79. The first-order valence-electron chi connectivity index (χ1n) is 8.94. The van der Waals surface area contributed by atoms with Gasteiger partial charge >= 0.3 is 14.2 Å². The fourth-order valence-electron chi connectivity index (χ4n) is 3.07. The van der Waals surface area contributed by atoms with Gasteiger partial charge in [0.15, 0.2) is 0 Å². The van der Waals surface area contributed by atoms with Gasteiger partial charge in [-0.2, -0.15) is 0 Å². The molecule has 3 aliphatic rings. The summed E-state index contributed by atoms with van der Waals surface area (Å²) in [5.74, 6) is 0.220. The van der Waals surface area contributed by atoms with Gasteiger partial charge in [0.05, 0.1) is 22.4 Å². The molecule has 0 spiro atoms. The summed E-state index contributed by atoms with van der Waals surface area (Å²) in [4.78, 5) is 0. The molecule has 24 heavy (non-hydrogen) atoms. The van der Waals surface area contributed by atoms with Crippen molar-refractivity contribution in [2.24, 2.45) is 0 Å². The highest BCUT2D eigenvalue weighted by molar-refractivity contribution is 6.56. The van der Waals surface area contributed by atoms with E-state index < -0.39 is 0 Å². The topological polar surface area (TPSA) is 36.9 Å². The van der Waals surface area contributed by atoms with Gasteiger partial charge in [-0.3, -0.25) is 0 Å². The number of rotatable bonds is 2. The quantitative estimate of drug-likeness (QED) is 0.717. The van der Waals surface area contributed by atoms with Gasteiger partial charge in [-0.25, -0.2) is 0 Å². The summed E-state index contributed by atoms with van der Waals surface area (Å²) in [6, 6.07) is 0. The van der Waals surface area contributed by atoms with Gasteiger partial charge in [-0.15, -0.1) is 0 Å². The van der Waals surface area contributed by atoms with Gasteiger partial charge < -0.3 is 18.6 Å². The second kappa shape index (κ2) is 5.47. The lowest BCUT2D eigenvalue weighted by atomic mass is 9.64. The molecule has 3 rings (SSSR count). The lowest BCUT2D eigenvalue weighted by Gasteiger charge is -2.32.